The van der Waals surface area contributed by atoms with Crippen LogP contribution in [0.4, 0.5) is 0 Å². The lowest BCUT2D eigenvalue weighted by atomic mass is 9.99. The highest BCUT2D eigenvalue weighted by Crippen LogP contribution is 2.23. The Hall–Kier alpha value is -1.59. The molecule has 0 aromatic heterocycles. The molecule has 1 fully saturated rings. The molecular weight excluding hydrogens is 767 g/mol. The van der Waals surface area contributed by atoms with Crippen molar-refractivity contribution in [2.75, 3.05) is 13.2 Å². The smallest absolute Gasteiger partial charge is 0.220 e. The number of hydrogen-bond acceptors (Lipinski definition) is 8. The first-order valence-electron chi connectivity index (χ1n) is 25.7. The van der Waals surface area contributed by atoms with E-state index >= 15 is 0 Å². The normalized spacial score (nSPS) is 20.7. The Kier molecular flexibility index (Phi) is 39.9. The van der Waals surface area contributed by atoms with Crippen LogP contribution in [0.1, 0.15) is 232 Å². The number of nitrogens with one attached hydrogen (secondary N) is 1. The molecule has 9 nitrogen and oxygen atoms in total. The zero-order valence-electron chi connectivity index (χ0n) is 39.4. The first kappa shape index (κ1) is 57.4. The molecular formula is C52H97NO8. The molecule has 0 bridgehead atoms. The molecule has 1 amide bonds. The first-order valence-corrected chi connectivity index (χ1v) is 25.7. The summed E-state index contributed by atoms with van der Waals surface area (Å²) in [5.41, 5.74) is 0. The minimum absolute atomic E-state index is 0.178. The van der Waals surface area contributed by atoms with Crippen molar-refractivity contribution < 1.29 is 39.8 Å². The first-order chi connectivity index (χ1) is 29.8. The predicted molar refractivity (Wildman–Crippen MR) is 253 cm³/mol. The fraction of sp³-hybridized carbons (Fsp3) is 0.865. The molecule has 358 valence electrons. The fourth-order valence-corrected chi connectivity index (χ4v) is 8.07. The summed E-state index contributed by atoms with van der Waals surface area (Å²) in [6, 6.07) is -0.803. The third-order valence-corrected chi connectivity index (χ3v) is 12.2. The molecule has 1 aliphatic heterocycles. The SMILES string of the molecule is CCCCCCC/C=C\C/C=C\CCCCCCCCCCCCCCCC(=O)NC(COC1OC(CO)C(O)C(O)C1O)C(O)/C=C/CCCCCCCCCCCCC. The van der Waals surface area contributed by atoms with E-state index in [4.69, 9.17) is 9.47 Å². The van der Waals surface area contributed by atoms with Crippen molar-refractivity contribution >= 4 is 5.91 Å². The molecule has 6 N–H and O–H groups in total. The summed E-state index contributed by atoms with van der Waals surface area (Å²) >= 11 is 0. The van der Waals surface area contributed by atoms with Gasteiger partial charge in [0.2, 0.25) is 5.91 Å². The summed E-state index contributed by atoms with van der Waals surface area (Å²) in [6.45, 7) is 3.77. The monoisotopic (exact) mass is 864 g/mol. The summed E-state index contributed by atoms with van der Waals surface area (Å²) in [4.78, 5) is 13.0. The third kappa shape index (κ3) is 32.7. The van der Waals surface area contributed by atoms with Gasteiger partial charge in [-0.15, -0.1) is 0 Å². The number of carbonyl (C=O) groups excluding carboxylic acids is 1. The summed E-state index contributed by atoms with van der Waals surface area (Å²) in [6.07, 6.45) is 46.2. The van der Waals surface area contributed by atoms with Crippen LogP contribution in [-0.2, 0) is 14.3 Å². The highest BCUT2D eigenvalue weighted by Gasteiger charge is 2.44. The molecule has 0 saturated carbocycles. The van der Waals surface area contributed by atoms with Crippen LogP contribution in [0.15, 0.2) is 36.5 Å². The zero-order valence-corrected chi connectivity index (χ0v) is 39.4. The van der Waals surface area contributed by atoms with Gasteiger partial charge in [-0.1, -0.05) is 211 Å². The van der Waals surface area contributed by atoms with E-state index in [0.29, 0.717) is 6.42 Å². The molecule has 0 radical (unpaired) electrons. The minimum atomic E-state index is -1.56. The van der Waals surface area contributed by atoms with Crippen molar-refractivity contribution in [3.63, 3.8) is 0 Å². The second kappa shape index (κ2) is 42.4. The maximum Gasteiger partial charge on any atom is 0.220 e. The molecule has 61 heavy (non-hydrogen) atoms. The van der Waals surface area contributed by atoms with Crippen LogP contribution >= 0.6 is 0 Å². The van der Waals surface area contributed by atoms with E-state index in [-0.39, 0.29) is 12.5 Å². The average molecular weight is 864 g/mol. The maximum atomic E-state index is 13.0. The molecule has 7 atom stereocenters. The number of carbonyl (C=O) groups is 1. The van der Waals surface area contributed by atoms with Crippen molar-refractivity contribution in [3.8, 4) is 0 Å². The van der Waals surface area contributed by atoms with Gasteiger partial charge in [0.1, 0.15) is 24.4 Å². The van der Waals surface area contributed by atoms with E-state index in [1.54, 1.807) is 6.08 Å². The second-order valence-corrected chi connectivity index (χ2v) is 18.0. The quantitative estimate of drug-likeness (QED) is 0.0262. The Morgan fingerprint density at radius 2 is 0.967 bits per heavy atom. The van der Waals surface area contributed by atoms with Crippen molar-refractivity contribution in [2.45, 2.75) is 275 Å². The van der Waals surface area contributed by atoms with Crippen molar-refractivity contribution in [2.24, 2.45) is 0 Å². The maximum absolute atomic E-state index is 13.0. The lowest BCUT2D eigenvalue weighted by molar-refractivity contribution is -0.302. The summed E-state index contributed by atoms with van der Waals surface area (Å²) in [5.74, 6) is -0.178. The molecule has 0 aliphatic carbocycles. The Morgan fingerprint density at radius 3 is 1.41 bits per heavy atom. The largest absolute Gasteiger partial charge is 0.394 e. The predicted octanol–water partition coefficient (Wildman–Crippen LogP) is 11.6. The Labute approximate surface area is 374 Å². The Balaban J connectivity index is 2.23. The number of unbranched alkanes of at least 4 members (excludes halogenated alkanes) is 29. The van der Waals surface area contributed by atoms with E-state index in [1.165, 1.54) is 167 Å². The van der Waals surface area contributed by atoms with E-state index < -0.39 is 49.5 Å². The van der Waals surface area contributed by atoms with E-state index in [1.807, 2.05) is 6.08 Å². The van der Waals surface area contributed by atoms with Gasteiger partial charge in [-0.2, -0.15) is 0 Å². The third-order valence-electron chi connectivity index (χ3n) is 12.2. The van der Waals surface area contributed by atoms with Crippen molar-refractivity contribution in [1.29, 1.82) is 0 Å². The van der Waals surface area contributed by atoms with Crippen LogP contribution in [0.5, 0.6) is 0 Å². The number of amides is 1. The van der Waals surface area contributed by atoms with Gasteiger partial charge in [-0.05, 0) is 51.4 Å². The Morgan fingerprint density at radius 1 is 0.557 bits per heavy atom. The Bertz CT molecular complexity index is 1050. The summed E-state index contributed by atoms with van der Waals surface area (Å²) < 4.78 is 11.2. The lowest BCUT2D eigenvalue weighted by Crippen LogP contribution is -2.60. The van der Waals surface area contributed by atoms with Crippen LogP contribution in [0.25, 0.3) is 0 Å². The van der Waals surface area contributed by atoms with Crippen LogP contribution in [0, 0.1) is 0 Å². The molecule has 1 heterocycles. The highest BCUT2D eigenvalue weighted by molar-refractivity contribution is 5.76. The topological polar surface area (TPSA) is 149 Å². The second-order valence-electron chi connectivity index (χ2n) is 18.0. The van der Waals surface area contributed by atoms with Gasteiger partial charge < -0.3 is 40.3 Å². The number of rotatable bonds is 43. The van der Waals surface area contributed by atoms with Crippen molar-refractivity contribution in [3.05, 3.63) is 36.5 Å². The van der Waals surface area contributed by atoms with Crippen LogP contribution in [-0.4, -0.2) is 87.5 Å². The summed E-state index contributed by atoms with van der Waals surface area (Å²) in [7, 11) is 0. The number of ether oxygens (including phenoxy) is 2. The molecule has 0 aromatic carbocycles. The minimum Gasteiger partial charge on any atom is -0.394 e. The number of aliphatic hydroxyl groups is 5. The molecule has 9 heteroatoms. The number of aliphatic hydroxyl groups excluding tert-OH is 5. The van der Waals surface area contributed by atoms with Crippen LogP contribution in [0.3, 0.4) is 0 Å². The molecule has 1 saturated heterocycles. The van der Waals surface area contributed by atoms with Crippen molar-refractivity contribution in [1.82, 2.24) is 5.32 Å². The molecule has 0 aromatic rings. The fourth-order valence-electron chi connectivity index (χ4n) is 8.07. The van der Waals surface area contributed by atoms with E-state index in [0.717, 1.165) is 44.9 Å². The lowest BCUT2D eigenvalue weighted by Gasteiger charge is -2.40. The van der Waals surface area contributed by atoms with Gasteiger partial charge >= 0.3 is 0 Å². The zero-order chi connectivity index (χ0) is 44.4. The van der Waals surface area contributed by atoms with Gasteiger partial charge in [0, 0.05) is 6.42 Å². The van der Waals surface area contributed by atoms with Gasteiger partial charge in [0.15, 0.2) is 6.29 Å². The van der Waals surface area contributed by atoms with Gasteiger partial charge in [0.25, 0.3) is 0 Å². The van der Waals surface area contributed by atoms with Gasteiger partial charge in [-0.25, -0.2) is 0 Å². The molecule has 1 rings (SSSR count). The number of allylic oxidation sites excluding steroid dienone is 5. The van der Waals surface area contributed by atoms with E-state index in [2.05, 4.69) is 43.5 Å². The average Bonchev–Trinajstić information content (AvgIpc) is 3.26. The standard InChI is InChI=1S/C52H97NO8/c1-3-5-7-9-11-13-15-17-18-19-20-21-22-23-24-25-26-27-28-30-32-34-36-38-40-42-48(56)53-45(44-60-52-51(59)50(58)49(57)47(43-54)61-52)46(55)41-39-37-35-33-31-29-16-14-12-10-8-6-4-2/h15,17,19-20,39,41,45-47,49-52,54-55,57-59H,3-14,16,18,21-38,40,42-44H2,1-2H3,(H,53,56)/b17-15-,20-19-,41-39+. The molecule has 7 unspecified atom stereocenters. The van der Waals surface area contributed by atoms with Crippen LogP contribution < -0.4 is 5.32 Å². The highest BCUT2D eigenvalue weighted by atomic mass is 16.7. The molecule has 1 aliphatic rings. The van der Waals surface area contributed by atoms with Gasteiger partial charge in [-0.3, -0.25) is 4.79 Å². The van der Waals surface area contributed by atoms with E-state index in [9.17, 15) is 30.3 Å². The molecule has 0 spiro atoms. The van der Waals surface area contributed by atoms with Gasteiger partial charge in [0.05, 0.1) is 25.4 Å². The number of hydrogen-bond donors (Lipinski definition) is 6. The van der Waals surface area contributed by atoms with Crippen LogP contribution in [0.2, 0.25) is 0 Å². The summed E-state index contributed by atoms with van der Waals surface area (Å²) in [5, 5.41) is 54.3.